The largest absolute Gasteiger partial charge is 0.455 e. The minimum atomic E-state index is -4.15. The Morgan fingerprint density at radius 2 is 1.33 bits per heavy atom. The van der Waals surface area contributed by atoms with E-state index in [4.69, 9.17) is 10.5 Å². The maximum Gasteiger partial charge on any atom is 0.268 e. The molecule has 0 unspecified atom stereocenters. The second kappa shape index (κ2) is 9.18. The quantitative estimate of drug-likeness (QED) is 0.280. The fourth-order valence-corrected chi connectivity index (χ4v) is 4.93. The van der Waals surface area contributed by atoms with Crippen LogP contribution in [0.1, 0.15) is 17.3 Å². The van der Waals surface area contributed by atoms with Gasteiger partial charge in [-0.2, -0.15) is 0 Å². The Balaban J connectivity index is 1.96. The van der Waals surface area contributed by atoms with E-state index in [1.165, 1.54) is 31.2 Å². The summed E-state index contributed by atoms with van der Waals surface area (Å²) in [4.78, 5) is 12.4. The summed E-state index contributed by atoms with van der Waals surface area (Å²) < 4.78 is 35.1. The Morgan fingerprint density at radius 3 is 2.00 bits per heavy atom. The molecule has 0 heterocycles. The second-order valence-electron chi connectivity index (χ2n) is 7.29. The van der Waals surface area contributed by atoms with E-state index in [0.29, 0.717) is 17.2 Å². The number of benzene rings is 4. The van der Waals surface area contributed by atoms with Crippen molar-refractivity contribution >= 4 is 32.9 Å². The summed E-state index contributed by atoms with van der Waals surface area (Å²) >= 11 is 0. The highest BCUT2D eigenvalue weighted by atomic mass is 32.2. The lowest BCUT2D eigenvalue weighted by Gasteiger charge is -2.28. The van der Waals surface area contributed by atoms with Crippen LogP contribution in [0.25, 0.3) is 0 Å². The van der Waals surface area contributed by atoms with Gasteiger partial charge in [-0.15, -0.1) is 0 Å². The van der Waals surface area contributed by atoms with Crippen LogP contribution in [0.4, 0.5) is 17.1 Å². The summed E-state index contributed by atoms with van der Waals surface area (Å²) in [5.74, 6) is 0.611. The van der Waals surface area contributed by atoms with Crippen LogP contribution in [-0.4, -0.2) is 14.2 Å². The number of para-hydroxylation sites is 4. The van der Waals surface area contributed by atoms with Crippen LogP contribution in [0.2, 0.25) is 0 Å². The van der Waals surface area contributed by atoms with Gasteiger partial charge in [0.05, 0.1) is 10.6 Å². The van der Waals surface area contributed by atoms with E-state index in [2.05, 4.69) is 0 Å². The van der Waals surface area contributed by atoms with E-state index in [1.54, 1.807) is 60.7 Å². The number of nitrogen functional groups attached to an aromatic ring is 1. The Bertz CT molecular complexity index is 1390. The normalized spacial score (nSPS) is 11.1. The van der Waals surface area contributed by atoms with Crippen LogP contribution in [0, 0.1) is 0 Å². The van der Waals surface area contributed by atoms with Gasteiger partial charge in [-0.3, -0.25) is 4.79 Å². The van der Waals surface area contributed by atoms with Gasteiger partial charge in [0, 0.05) is 11.3 Å². The number of carbonyl (C=O) groups excluding carboxylic acids is 1. The standard InChI is InChI=1S/C26H22N2O4S/c1-19(29)23-11-5-6-12-24(23)28(33(30,31)22-17-15-20(27)16-18-22)25-13-7-8-14-26(25)32-21-9-3-2-4-10-21/h2-18H,27H2,1H3. The van der Waals surface area contributed by atoms with Crippen molar-refractivity contribution < 1.29 is 17.9 Å². The van der Waals surface area contributed by atoms with Gasteiger partial charge in [-0.05, 0) is 67.6 Å². The highest BCUT2D eigenvalue weighted by molar-refractivity contribution is 7.93. The van der Waals surface area contributed by atoms with Crippen molar-refractivity contribution in [1.82, 2.24) is 0 Å². The van der Waals surface area contributed by atoms with Crippen LogP contribution in [0.15, 0.2) is 108 Å². The number of nitrogens with two attached hydrogens (primary N) is 1. The molecule has 4 aromatic carbocycles. The molecule has 4 aromatic rings. The molecule has 0 fully saturated rings. The molecule has 0 saturated carbocycles. The number of ketones is 1. The number of nitrogens with zero attached hydrogens (tertiary/aromatic N) is 1. The van der Waals surface area contributed by atoms with E-state index in [-0.39, 0.29) is 27.6 Å². The molecule has 4 rings (SSSR count). The third kappa shape index (κ3) is 4.58. The number of hydrogen-bond acceptors (Lipinski definition) is 5. The molecule has 0 aliphatic rings. The zero-order valence-electron chi connectivity index (χ0n) is 17.9. The molecule has 0 spiro atoms. The molecule has 2 N–H and O–H groups in total. The van der Waals surface area contributed by atoms with Crippen molar-refractivity contribution in [3.05, 3.63) is 109 Å². The number of ether oxygens (including phenoxy) is 1. The lowest BCUT2D eigenvalue weighted by molar-refractivity contribution is 0.101. The Kier molecular flexibility index (Phi) is 6.15. The first-order valence-corrected chi connectivity index (χ1v) is 11.6. The molecule has 0 bridgehead atoms. The lowest BCUT2D eigenvalue weighted by Crippen LogP contribution is -2.28. The van der Waals surface area contributed by atoms with E-state index in [9.17, 15) is 13.2 Å². The molecule has 0 aliphatic carbocycles. The van der Waals surface area contributed by atoms with Crippen LogP contribution in [-0.2, 0) is 10.0 Å². The monoisotopic (exact) mass is 458 g/mol. The third-order valence-corrected chi connectivity index (χ3v) is 6.72. The number of sulfonamides is 1. The fraction of sp³-hybridized carbons (Fsp3) is 0.0385. The minimum Gasteiger partial charge on any atom is -0.455 e. The van der Waals surface area contributed by atoms with Crippen LogP contribution in [0.5, 0.6) is 11.5 Å². The first-order valence-electron chi connectivity index (χ1n) is 10.2. The summed E-state index contributed by atoms with van der Waals surface area (Å²) in [6, 6.07) is 28.4. The summed E-state index contributed by atoms with van der Waals surface area (Å²) in [5.41, 5.74) is 6.98. The van der Waals surface area contributed by atoms with Gasteiger partial charge in [0.2, 0.25) is 0 Å². The van der Waals surface area contributed by atoms with E-state index >= 15 is 0 Å². The highest BCUT2D eigenvalue weighted by Gasteiger charge is 2.31. The first-order chi connectivity index (χ1) is 15.9. The van der Waals surface area contributed by atoms with Crippen molar-refractivity contribution in [2.75, 3.05) is 10.0 Å². The number of rotatable bonds is 7. The number of Topliss-reactive ketones (excluding diaryl/α,β-unsaturated/α-hetero) is 1. The van der Waals surface area contributed by atoms with Gasteiger partial charge in [0.25, 0.3) is 10.0 Å². The molecule has 0 aromatic heterocycles. The van der Waals surface area contributed by atoms with Gasteiger partial charge in [0.15, 0.2) is 11.5 Å². The number of hydrogen-bond donors (Lipinski definition) is 1. The molecule has 0 atom stereocenters. The van der Waals surface area contributed by atoms with Crippen LogP contribution >= 0.6 is 0 Å². The zero-order chi connectivity index (χ0) is 23.4. The molecule has 0 saturated heterocycles. The van der Waals surface area contributed by atoms with Crippen molar-refractivity contribution in [3.63, 3.8) is 0 Å². The zero-order valence-corrected chi connectivity index (χ0v) is 18.7. The topological polar surface area (TPSA) is 89.7 Å². The Labute approximate surface area is 192 Å². The van der Waals surface area contributed by atoms with Gasteiger partial charge in [0.1, 0.15) is 11.4 Å². The molecular formula is C26H22N2O4S. The smallest absolute Gasteiger partial charge is 0.268 e. The van der Waals surface area contributed by atoms with E-state index < -0.39 is 10.0 Å². The van der Waals surface area contributed by atoms with Gasteiger partial charge < -0.3 is 10.5 Å². The fourth-order valence-electron chi connectivity index (χ4n) is 3.41. The van der Waals surface area contributed by atoms with E-state index in [0.717, 1.165) is 4.31 Å². The van der Waals surface area contributed by atoms with Gasteiger partial charge >= 0.3 is 0 Å². The first kappa shape index (κ1) is 22.1. The average molecular weight is 459 g/mol. The molecule has 166 valence electrons. The van der Waals surface area contributed by atoms with Crippen molar-refractivity contribution in [2.24, 2.45) is 0 Å². The maximum absolute atomic E-state index is 13.9. The summed E-state index contributed by atoms with van der Waals surface area (Å²) in [6.07, 6.45) is 0. The van der Waals surface area contributed by atoms with Gasteiger partial charge in [-0.1, -0.05) is 42.5 Å². The second-order valence-corrected chi connectivity index (χ2v) is 9.08. The van der Waals surface area contributed by atoms with Gasteiger partial charge in [-0.25, -0.2) is 12.7 Å². The minimum absolute atomic E-state index is 0.0320. The predicted octanol–water partition coefficient (Wildman–Crippen LogP) is 5.79. The van der Waals surface area contributed by atoms with Crippen LogP contribution < -0.4 is 14.8 Å². The molecular weight excluding hydrogens is 436 g/mol. The maximum atomic E-state index is 13.9. The molecule has 0 aliphatic heterocycles. The lowest BCUT2D eigenvalue weighted by atomic mass is 10.1. The molecule has 7 heteroatoms. The summed E-state index contributed by atoms with van der Waals surface area (Å²) in [6.45, 7) is 1.40. The van der Waals surface area contributed by atoms with Crippen molar-refractivity contribution in [3.8, 4) is 11.5 Å². The molecule has 33 heavy (non-hydrogen) atoms. The molecule has 0 amide bonds. The highest BCUT2D eigenvalue weighted by Crippen LogP contribution is 2.41. The van der Waals surface area contributed by atoms with E-state index in [1.807, 2.05) is 18.2 Å². The third-order valence-electron chi connectivity index (χ3n) is 4.98. The SMILES string of the molecule is CC(=O)c1ccccc1N(c1ccccc1Oc1ccccc1)S(=O)(=O)c1ccc(N)cc1. The molecule has 0 radical (unpaired) electrons. The predicted molar refractivity (Wildman–Crippen MR) is 130 cm³/mol. The van der Waals surface area contributed by atoms with Crippen molar-refractivity contribution in [1.29, 1.82) is 0 Å². The Morgan fingerprint density at radius 1 is 0.758 bits per heavy atom. The summed E-state index contributed by atoms with van der Waals surface area (Å²) in [7, 11) is -4.15. The van der Waals surface area contributed by atoms with Crippen molar-refractivity contribution in [2.45, 2.75) is 11.8 Å². The number of anilines is 3. The van der Waals surface area contributed by atoms with Crippen LogP contribution in [0.3, 0.4) is 0 Å². The Hall–Kier alpha value is -4.10. The summed E-state index contributed by atoms with van der Waals surface area (Å²) in [5, 5.41) is 0. The number of carbonyl (C=O) groups is 1. The average Bonchev–Trinajstić information content (AvgIpc) is 2.81. The molecule has 6 nitrogen and oxygen atoms in total.